The maximum absolute atomic E-state index is 2.29. The Balaban J connectivity index is 0.00000441. The van der Waals surface area contributed by atoms with Gasteiger partial charge in [0.1, 0.15) is 0 Å². The van der Waals surface area contributed by atoms with Gasteiger partial charge in [0.25, 0.3) is 0 Å². The second-order valence-electron chi connectivity index (χ2n) is 6.46. The fourth-order valence-electron chi connectivity index (χ4n) is 2.96. The summed E-state index contributed by atoms with van der Waals surface area (Å²) in [7, 11) is 4.27. The van der Waals surface area contributed by atoms with E-state index in [9.17, 15) is 0 Å². The van der Waals surface area contributed by atoms with Crippen LogP contribution in [0.25, 0.3) is 0 Å². The summed E-state index contributed by atoms with van der Waals surface area (Å²) in [6.45, 7) is 2.29. The van der Waals surface area contributed by atoms with E-state index in [2.05, 4.69) is 50.2 Å². The second kappa shape index (κ2) is 14.1. The minimum atomic E-state index is 0. The molecule has 22 heavy (non-hydrogen) atoms. The third kappa shape index (κ3) is 9.50. The molecule has 0 saturated heterocycles. The number of halogens is 1. The van der Waals surface area contributed by atoms with Crippen molar-refractivity contribution in [3.05, 3.63) is 29.8 Å². The first-order valence-corrected chi connectivity index (χ1v) is 9.01. The quantitative estimate of drug-likeness (QED) is 0.366. The van der Waals surface area contributed by atoms with E-state index in [4.69, 9.17) is 0 Å². The van der Waals surface area contributed by atoms with Crippen molar-refractivity contribution in [1.29, 1.82) is 0 Å². The molecule has 128 valence electrons. The van der Waals surface area contributed by atoms with Crippen LogP contribution in [0.3, 0.4) is 0 Å². The van der Waals surface area contributed by atoms with Crippen molar-refractivity contribution in [3.8, 4) is 0 Å². The summed E-state index contributed by atoms with van der Waals surface area (Å²) >= 11 is 0. The first-order chi connectivity index (χ1) is 10.3. The third-order valence-corrected chi connectivity index (χ3v) is 4.27. The Hall–Kier alpha value is -0.500. The molecule has 0 fully saturated rings. The van der Waals surface area contributed by atoms with Crippen LogP contribution in [0.5, 0.6) is 0 Å². The van der Waals surface area contributed by atoms with Crippen molar-refractivity contribution in [2.45, 2.75) is 77.6 Å². The summed E-state index contributed by atoms with van der Waals surface area (Å²) in [5.41, 5.74) is 2.88. The molecule has 1 rings (SSSR count). The average Bonchev–Trinajstić information content (AvgIpc) is 2.49. The van der Waals surface area contributed by atoms with Crippen molar-refractivity contribution < 1.29 is 0 Å². The molecule has 0 radical (unpaired) electrons. The Bertz CT molecular complexity index is 362. The number of rotatable bonds is 12. The summed E-state index contributed by atoms with van der Waals surface area (Å²) in [5, 5.41) is 0. The van der Waals surface area contributed by atoms with E-state index < -0.39 is 0 Å². The minimum Gasteiger partial charge on any atom is -0.377 e. The SMILES string of the molecule is Br.CCCCCCCCCCCCc1ccccc1N(C)C. The molecule has 0 N–H and O–H groups in total. The van der Waals surface area contributed by atoms with Crippen LogP contribution < -0.4 is 4.90 Å². The number of aryl methyl sites for hydroxylation is 1. The highest BCUT2D eigenvalue weighted by Gasteiger charge is 2.02. The van der Waals surface area contributed by atoms with Crippen LogP contribution in [0.15, 0.2) is 24.3 Å². The largest absolute Gasteiger partial charge is 0.377 e. The van der Waals surface area contributed by atoms with Crippen molar-refractivity contribution in [1.82, 2.24) is 0 Å². The molecule has 0 aliphatic heterocycles. The highest BCUT2D eigenvalue weighted by atomic mass is 79.9. The van der Waals surface area contributed by atoms with E-state index in [0.29, 0.717) is 0 Å². The summed E-state index contributed by atoms with van der Waals surface area (Å²) in [6, 6.07) is 8.81. The Morgan fingerprint density at radius 2 is 1.23 bits per heavy atom. The molecule has 0 bridgehead atoms. The van der Waals surface area contributed by atoms with Gasteiger partial charge in [-0.25, -0.2) is 0 Å². The summed E-state index contributed by atoms with van der Waals surface area (Å²) < 4.78 is 0. The van der Waals surface area contributed by atoms with E-state index >= 15 is 0 Å². The second-order valence-corrected chi connectivity index (χ2v) is 6.46. The van der Waals surface area contributed by atoms with E-state index in [0.717, 1.165) is 0 Å². The molecule has 0 heterocycles. The van der Waals surface area contributed by atoms with Gasteiger partial charge in [-0.15, -0.1) is 17.0 Å². The summed E-state index contributed by atoms with van der Waals surface area (Å²) in [4.78, 5) is 2.23. The Morgan fingerprint density at radius 3 is 1.77 bits per heavy atom. The molecular formula is C20H36BrN. The smallest absolute Gasteiger partial charge is 0.0393 e. The molecule has 1 nitrogen and oxygen atoms in total. The van der Waals surface area contributed by atoms with Crippen LogP contribution in [-0.4, -0.2) is 14.1 Å². The molecule has 2 heteroatoms. The molecular weight excluding hydrogens is 334 g/mol. The lowest BCUT2D eigenvalue weighted by molar-refractivity contribution is 0.556. The van der Waals surface area contributed by atoms with E-state index in [1.54, 1.807) is 0 Å². The maximum atomic E-state index is 2.29. The lowest BCUT2D eigenvalue weighted by Gasteiger charge is -2.17. The molecule has 0 atom stereocenters. The molecule has 0 aromatic heterocycles. The standard InChI is InChI=1S/C20H35N.BrH/c1-4-5-6-7-8-9-10-11-12-13-16-19-17-14-15-18-20(19)21(2)3;/h14-15,17-18H,4-13,16H2,1-3H3;1H. The monoisotopic (exact) mass is 369 g/mol. The number of benzene rings is 1. The number of para-hydroxylation sites is 1. The molecule has 0 amide bonds. The number of unbranched alkanes of at least 4 members (excludes halogenated alkanes) is 9. The molecule has 0 unspecified atom stereocenters. The van der Waals surface area contributed by atoms with Gasteiger partial charge < -0.3 is 4.90 Å². The predicted octanol–water partition coefficient (Wildman–Crippen LogP) is 6.79. The molecule has 0 saturated carbocycles. The summed E-state index contributed by atoms with van der Waals surface area (Å²) in [5.74, 6) is 0. The lowest BCUT2D eigenvalue weighted by Crippen LogP contribution is -2.11. The van der Waals surface area contributed by atoms with Gasteiger partial charge in [0.05, 0.1) is 0 Å². The number of hydrogen-bond acceptors (Lipinski definition) is 1. The van der Waals surface area contributed by atoms with Gasteiger partial charge in [0, 0.05) is 19.8 Å². The number of hydrogen-bond donors (Lipinski definition) is 0. The van der Waals surface area contributed by atoms with Gasteiger partial charge in [-0.3, -0.25) is 0 Å². The predicted molar refractivity (Wildman–Crippen MR) is 107 cm³/mol. The van der Waals surface area contributed by atoms with Crippen LogP contribution in [0.2, 0.25) is 0 Å². The molecule has 1 aromatic carbocycles. The van der Waals surface area contributed by atoms with E-state index in [1.807, 2.05) is 0 Å². The minimum absolute atomic E-state index is 0. The van der Waals surface area contributed by atoms with Gasteiger partial charge in [-0.05, 0) is 24.5 Å². The number of anilines is 1. The zero-order valence-corrected chi connectivity index (χ0v) is 16.7. The van der Waals surface area contributed by atoms with Gasteiger partial charge in [-0.1, -0.05) is 82.9 Å². The first kappa shape index (κ1) is 21.5. The Kier molecular flexibility index (Phi) is 13.8. The van der Waals surface area contributed by atoms with Crippen LogP contribution in [0, 0.1) is 0 Å². The molecule has 0 aliphatic carbocycles. The third-order valence-electron chi connectivity index (χ3n) is 4.27. The lowest BCUT2D eigenvalue weighted by atomic mass is 10.0. The zero-order valence-electron chi connectivity index (χ0n) is 14.9. The summed E-state index contributed by atoms with van der Waals surface area (Å²) in [6.07, 6.45) is 15.4. The zero-order chi connectivity index (χ0) is 15.3. The van der Waals surface area contributed by atoms with Gasteiger partial charge in [0.15, 0.2) is 0 Å². The first-order valence-electron chi connectivity index (χ1n) is 9.01. The van der Waals surface area contributed by atoms with Crippen LogP contribution in [0.1, 0.15) is 76.7 Å². The average molecular weight is 370 g/mol. The molecule has 0 spiro atoms. The van der Waals surface area contributed by atoms with Crippen molar-refractivity contribution >= 4 is 22.7 Å². The normalized spacial score (nSPS) is 10.3. The highest BCUT2D eigenvalue weighted by Crippen LogP contribution is 2.20. The highest BCUT2D eigenvalue weighted by molar-refractivity contribution is 8.93. The maximum Gasteiger partial charge on any atom is 0.0393 e. The number of nitrogens with zero attached hydrogens (tertiary/aromatic N) is 1. The fourth-order valence-corrected chi connectivity index (χ4v) is 2.96. The topological polar surface area (TPSA) is 3.24 Å². The molecule has 0 aliphatic rings. The Labute approximate surface area is 149 Å². The van der Waals surface area contributed by atoms with Crippen LogP contribution >= 0.6 is 17.0 Å². The van der Waals surface area contributed by atoms with Crippen molar-refractivity contribution in [2.24, 2.45) is 0 Å². The van der Waals surface area contributed by atoms with Crippen LogP contribution in [-0.2, 0) is 6.42 Å². The van der Waals surface area contributed by atoms with E-state index in [1.165, 1.54) is 81.9 Å². The van der Waals surface area contributed by atoms with Crippen molar-refractivity contribution in [2.75, 3.05) is 19.0 Å². The molecule has 1 aromatic rings. The van der Waals surface area contributed by atoms with Gasteiger partial charge >= 0.3 is 0 Å². The Morgan fingerprint density at radius 1 is 0.727 bits per heavy atom. The van der Waals surface area contributed by atoms with Gasteiger partial charge in [0.2, 0.25) is 0 Å². The van der Waals surface area contributed by atoms with Gasteiger partial charge in [-0.2, -0.15) is 0 Å². The van der Waals surface area contributed by atoms with Crippen LogP contribution in [0.4, 0.5) is 5.69 Å². The van der Waals surface area contributed by atoms with Crippen molar-refractivity contribution in [3.63, 3.8) is 0 Å². The fraction of sp³-hybridized carbons (Fsp3) is 0.700. The van der Waals surface area contributed by atoms with E-state index in [-0.39, 0.29) is 17.0 Å².